The summed E-state index contributed by atoms with van der Waals surface area (Å²) in [5, 5.41) is 4.90. The fraction of sp³-hybridized carbons (Fsp3) is 0.194. The van der Waals surface area contributed by atoms with Gasteiger partial charge in [-0.1, -0.05) is 74.5 Å². The van der Waals surface area contributed by atoms with Gasteiger partial charge in [0.15, 0.2) is 0 Å². The minimum atomic E-state index is -0.627. The second-order valence-corrected chi connectivity index (χ2v) is 9.58. The summed E-state index contributed by atoms with van der Waals surface area (Å²) in [5.41, 5.74) is 4.60. The number of carbonyl (C=O) groups excluding carboxylic acids is 3. The maximum absolute atomic E-state index is 13.2. The molecule has 4 aromatic carbocycles. The fourth-order valence-electron chi connectivity index (χ4n) is 4.98. The van der Waals surface area contributed by atoms with Crippen LogP contribution in [0.4, 0.5) is 5.69 Å². The highest BCUT2D eigenvalue weighted by atomic mass is 16.5. The lowest BCUT2D eigenvalue weighted by Crippen LogP contribution is -2.45. The number of nitrogens with zero attached hydrogens (tertiary/aromatic N) is 1. The van der Waals surface area contributed by atoms with Crippen molar-refractivity contribution in [3.8, 4) is 11.1 Å². The van der Waals surface area contributed by atoms with E-state index < -0.39 is 12.0 Å². The predicted molar refractivity (Wildman–Crippen MR) is 144 cm³/mol. The third kappa shape index (κ3) is 4.58. The first-order chi connectivity index (χ1) is 17.9. The molecule has 0 saturated heterocycles. The molecule has 37 heavy (non-hydrogen) atoms. The number of rotatable bonds is 6. The number of esters is 1. The van der Waals surface area contributed by atoms with Gasteiger partial charge in [-0.3, -0.25) is 9.59 Å². The maximum atomic E-state index is 13.2. The van der Waals surface area contributed by atoms with E-state index in [2.05, 4.69) is 5.32 Å². The largest absolute Gasteiger partial charge is 0.467 e. The number of hydrogen-bond donors (Lipinski definition) is 1. The molecule has 6 nitrogen and oxygen atoms in total. The molecular weight excluding hydrogens is 464 g/mol. The molecule has 1 N–H and O–H groups in total. The third-order valence-electron chi connectivity index (χ3n) is 6.86. The first kappa shape index (κ1) is 24.3. The Morgan fingerprint density at radius 3 is 2.32 bits per heavy atom. The molecule has 1 aliphatic heterocycles. The van der Waals surface area contributed by atoms with E-state index in [1.807, 2.05) is 98.8 Å². The number of benzene rings is 4. The van der Waals surface area contributed by atoms with Crippen molar-refractivity contribution in [3.63, 3.8) is 0 Å². The molecule has 0 bridgehead atoms. The van der Waals surface area contributed by atoms with Crippen LogP contribution in [0, 0.1) is 5.92 Å². The number of fused-ring (bicyclic) bond motifs is 2. The molecule has 0 unspecified atom stereocenters. The second kappa shape index (κ2) is 9.90. The quantitative estimate of drug-likeness (QED) is 0.340. The molecule has 0 aromatic heterocycles. The molecule has 4 aromatic rings. The Kier molecular flexibility index (Phi) is 6.49. The van der Waals surface area contributed by atoms with Crippen LogP contribution in [0.3, 0.4) is 0 Å². The van der Waals surface area contributed by atoms with Gasteiger partial charge in [0.2, 0.25) is 0 Å². The van der Waals surface area contributed by atoms with E-state index in [-0.39, 0.29) is 17.7 Å². The molecule has 5 rings (SSSR count). The number of hydrogen-bond acceptors (Lipinski definition) is 4. The topological polar surface area (TPSA) is 75.7 Å². The molecule has 0 aliphatic carbocycles. The molecule has 0 saturated carbocycles. The summed E-state index contributed by atoms with van der Waals surface area (Å²) in [6.45, 7) is 4.19. The molecule has 0 radical (unpaired) electrons. The Hall–Kier alpha value is -4.45. The van der Waals surface area contributed by atoms with Crippen LogP contribution in [0.15, 0.2) is 84.9 Å². The SMILES string of the molecule is COC(=O)[C@H](C(C)C)N1Cc2ccc(-c3ccc(NC(=O)c4cccc5ccccc45)cc3)cc2C1=O. The highest BCUT2D eigenvalue weighted by Crippen LogP contribution is 2.32. The summed E-state index contributed by atoms with van der Waals surface area (Å²) in [4.78, 5) is 40.1. The van der Waals surface area contributed by atoms with E-state index >= 15 is 0 Å². The zero-order valence-electron chi connectivity index (χ0n) is 21.0. The molecule has 0 spiro atoms. The monoisotopic (exact) mass is 492 g/mol. The predicted octanol–water partition coefficient (Wildman–Crippen LogP) is 5.91. The van der Waals surface area contributed by atoms with Gasteiger partial charge in [-0.15, -0.1) is 0 Å². The first-order valence-corrected chi connectivity index (χ1v) is 12.3. The Morgan fingerprint density at radius 2 is 1.59 bits per heavy atom. The van der Waals surface area contributed by atoms with Crippen molar-refractivity contribution in [2.24, 2.45) is 5.92 Å². The van der Waals surface area contributed by atoms with Crippen molar-refractivity contribution in [2.45, 2.75) is 26.4 Å². The molecule has 1 atom stereocenters. The number of anilines is 1. The lowest BCUT2D eigenvalue weighted by atomic mass is 10.00. The number of carbonyl (C=O) groups is 3. The van der Waals surface area contributed by atoms with Crippen molar-refractivity contribution < 1.29 is 19.1 Å². The Morgan fingerprint density at radius 1 is 0.892 bits per heavy atom. The molecule has 186 valence electrons. The van der Waals surface area contributed by atoms with Crippen molar-refractivity contribution in [1.82, 2.24) is 4.90 Å². The highest BCUT2D eigenvalue weighted by Gasteiger charge is 2.38. The van der Waals surface area contributed by atoms with E-state index in [0.29, 0.717) is 23.4 Å². The molecule has 1 aliphatic rings. The van der Waals surface area contributed by atoms with E-state index in [1.54, 1.807) is 4.90 Å². The van der Waals surface area contributed by atoms with Crippen LogP contribution in [0.25, 0.3) is 21.9 Å². The van der Waals surface area contributed by atoms with Crippen molar-refractivity contribution in [3.05, 3.63) is 102 Å². The summed E-state index contributed by atoms with van der Waals surface area (Å²) < 4.78 is 4.95. The van der Waals surface area contributed by atoms with E-state index in [4.69, 9.17) is 4.74 Å². The molecule has 2 amide bonds. The minimum absolute atomic E-state index is 0.0678. The van der Waals surface area contributed by atoms with Gasteiger partial charge in [0.1, 0.15) is 6.04 Å². The molecular formula is C31H28N2O4. The zero-order valence-corrected chi connectivity index (χ0v) is 21.0. The van der Waals surface area contributed by atoms with Gasteiger partial charge in [-0.25, -0.2) is 4.79 Å². The lowest BCUT2D eigenvalue weighted by Gasteiger charge is -2.28. The average molecular weight is 493 g/mol. The Labute approximate surface area is 215 Å². The molecule has 0 fully saturated rings. The zero-order chi connectivity index (χ0) is 26.1. The maximum Gasteiger partial charge on any atom is 0.328 e. The molecule has 6 heteroatoms. The van der Waals surface area contributed by atoms with E-state index in [1.165, 1.54) is 7.11 Å². The van der Waals surface area contributed by atoms with Crippen LogP contribution in [0.5, 0.6) is 0 Å². The number of ether oxygens (including phenoxy) is 1. The number of nitrogens with one attached hydrogen (secondary N) is 1. The third-order valence-corrected chi connectivity index (χ3v) is 6.86. The van der Waals surface area contributed by atoms with Crippen LogP contribution >= 0.6 is 0 Å². The summed E-state index contributed by atoms with van der Waals surface area (Å²) in [5.74, 6) is -0.808. The number of methoxy groups -OCH3 is 1. The Balaban J connectivity index is 1.34. The van der Waals surface area contributed by atoms with Crippen molar-refractivity contribution in [1.29, 1.82) is 0 Å². The summed E-state index contributed by atoms with van der Waals surface area (Å²) >= 11 is 0. The van der Waals surface area contributed by atoms with Crippen LogP contribution in [0.1, 0.15) is 40.1 Å². The van der Waals surface area contributed by atoms with Crippen LogP contribution in [-0.4, -0.2) is 35.8 Å². The minimum Gasteiger partial charge on any atom is -0.467 e. The molecule has 1 heterocycles. The average Bonchev–Trinajstić information content (AvgIpc) is 3.23. The fourth-order valence-corrected chi connectivity index (χ4v) is 4.98. The van der Waals surface area contributed by atoms with Crippen molar-refractivity contribution in [2.75, 3.05) is 12.4 Å². The van der Waals surface area contributed by atoms with Gasteiger partial charge < -0.3 is 15.0 Å². The van der Waals surface area contributed by atoms with E-state index in [9.17, 15) is 14.4 Å². The van der Waals surface area contributed by atoms with Crippen molar-refractivity contribution >= 4 is 34.2 Å². The van der Waals surface area contributed by atoms with Gasteiger partial charge in [0, 0.05) is 23.4 Å². The standard InChI is InChI=1S/C31H28N2O4/c1-19(2)28(31(36)37-3)33-18-23-12-11-22(17-27(23)30(33)35)20-13-15-24(16-14-20)32-29(34)26-10-6-8-21-7-4-5-9-25(21)26/h4-17,19,28H,18H2,1-3H3,(H,32,34)/t28-/m0/s1. The summed E-state index contributed by atoms with van der Waals surface area (Å²) in [6, 6.07) is 26.2. The Bertz CT molecular complexity index is 1500. The van der Waals surface area contributed by atoms with Crippen LogP contribution in [-0.2, 0) is 16.1 Å². The smallest absolute Gasteiger partial charge is 0.328 e. The highest BCUT2D eigenvalue weighted by molar-refractivity contribution is 6.13. The number of amides is 2. The second-order valence-electron chi connectivity index (χ2n) is 9.58. The van der Waals surface area contributed by atoms with Gasteiger partial charge in [0.25, 0.3) is 11.8 Å². The first-order valence-electron chi connectivity index (χ1n) is 12.3. The van der Waals surface area contributed by atoms with Crippen LogP contribution < -0.4 is 5.32 Å². The van der Waals surface area contributed by atoms with Gasteiger partial charge in [0.05, 0.1) is 7.11 Å². The van der Waals surface area contributed by atoms with Gasteiger partial charge in [-0.2, -0.15) is 0 Å². The van der Waals surface area contributed by atoms with Gasteiger partial charge in [-0.05, 0) is 57.6 Å². The van der Waals surface area contributed by atoms with E-state index in [0.717, 1.165) is 27.5 Å². The van der Waals surface area contributed by atoms with Gasteiger partial charge >= 0.3 is 5.97 Å². The summed E-state index contributed by atoms with van der Waals surface area (Å²) in [6.07, 6.45) is 0. The summed E-state index contributed by atoms with van der Waals surface area (Å²) in [7, 11) is 1.34. The normalized spacial score (nSPS) is 13.5. The van der Waals surface area contributed by atoms with Crippen LogP contribution in [0.2, 0.25) is 0 Å². The lowest BCUT2D eigenvalue weighted by molar-refractivity contribution is -0.147.